The minimum Gasteiger partial charge on any atom is -0.476 e. The van der Waals surface area contributed by atoms with Crippen LogP contribution in [0, 0.1) is 0 Å². The zero-order valence-electron chi connectivity index (χ0n) is 13.5. The van der Waals surface area contributed by atoms with Gasteiger partial charge in [-0.15, -0.1) is 0 Å². The van der Waals surface area contributed by atoms with E-state index in [9.17, 15) is 13.2 Å². The third kappa shape index (κ3) is 3.07. The zero-order chi connectivity index (χ0) is 16.7. The molecule has 1 aromatic rings. The van der Waals surface area contributed by atoms with Gasteiger partial charge in [0.05, 0.1) is 10.6 Å². The Balaban J connectivity index is 1.93. The smallest absolute Gasteiger partial charge is 0.268 e. The highest BCUT2D eigenvalue weighted by atomic mass is 32.2. The number of fused-ring (bicyclic) bond motifs is 1. The summed E-state index contributed by atoms with van der Waals surface area (Å²) in [6, 6.07) is 4.63. The minimum absolute atomic E-state index is 0.213. The van der Waals surface area contributed by atoms with Crippen molar-refractivity contribution >= 4 is 21.6 Å². The second kappa shape index (κ2) is 5.79. The van der Waals surface area contributed by atoms with Crippen LogP contribution in [0.4, 0.5) is 5.69 Å². The van der Waals surface area contributed by atoms with Crippen molar-refractivity contribution in [2.45, 2.75) is 50.0 Å². The van der Waals surface area contributed by atoms with Gasteiger partial charge in [-0.2, -0.15) is 4.31 Å². The van der Waals surface area contributed by atoms with E-state index >= 15 is 0 Å². The highest BCUT2D eigenvalue weighted by Gasteiger charge is 2.36. The number of rotatable bonds is 2. The summed E-state index contributed by atoms with van der Waals surface area (Å²) in [6.45, 7) is 4.42. The Hall–Kier alpha value is -1.60. The van der Waals surface area contributed by atoms with Crippen LogP contribution in [0.1, 0.15) is 39.5 Å². The Morgan fingerprint density at radius 2 is 1.78 bits per heavy atom. The Kier molecular flexibility index (Phi) is 4.10. The van der Waals surface area contributed by atoms with Gasteiger partial charge in [-0.3, -0.25) is 4.79 Å². The summed E-state index contributed by atoms with van der Waals surface area (Å²) in [5, 5.41) is 2.75. The number of benzene rings is 1. The van der Waals surface area contributed by atoms with E-state index in [-0.39, 0.29) is 10.8 Å². The first kappa shape index (κ1) is 16.3. The van der Waals surface area contributed by atoms with Crippen LogP contribution in [0.3, 0.4) is 0 Å². The summed E-state index contributed by atoms with van der Waals surface area (Å²) in [6.07, 6.45) is 3.92. The fraction of sp³-hybridized carbons (Fsp3) is 0.562. The molecule has 2 aliphatic rings. The molecule has 1 amide bonds. The van der Waals surface area contributed by atoms with E-state index in [4.69, 9.17) is 4.74 Å². The molecular formula is C16H22N2O4S. The van der Waals surface area contributed by atoms with Gasteiger partial charge in [0.2, 0.25) is 10.0 Å². The van der Waals surface area contributed by atoms with Gasteiger partial charge in [0.15, 0.2) is 5.60 Å². The molecule has 3 rings (SSSR count). The van der Waals surface area contributed by atoms with Crippen molar-refractivity contribution in [1.29, 1.82) is 0 Å². The highest BCUT2D eigenvalue weighted by molar-refractivity contribution is 7.89. The Bertz CT molecular complexity index is 720. The second-order valence-corrected chi connectivity index (χ2v) is 8.48. The Morgan fingerprint density at radius 3 is 2.43 bits per heavy atom. The number of hydrogen-bond acceptors (Lipinski definition) is 4. The molecule has 1 N–H and O–H groups in total. The fourth-order valence-corrected chi connectivity index (χ4v) is 4.41. The molecule has 0 spiro atoms. The van der Waals surface area contributed by atoms with Gasteiger partial charge in [-0.05, 0) is 38.8 Å². The lowest BCUT2D eigenvalue weighted by Crippen LogP contribution is -2.45. The number of anilines is 1. The van der Waals surface area contributed by atoms with E-state index in [1.165, 1.54) is 12.1 Å². The van der Waals surface area contributed by atoms with E-state index in [1.807, 2.05) is 0 Å². The standard InChI is InChI=1S/C16H22N2O4S/c1-16(2)15(19)17-13-8-7-12(11-14(13)22-16)23(20,21)18-9-5-3-4-6-10-18/h7-8,11H,3-6,9-10H2,1-2H3,(H,17,19). The van der Waals surface area contributed by atoms with Gasteiger partial charge in [-0.25, -0.2) is 8.42 Å². The molecule has 1 saturated heterocycles. The molecule has 1 aromatic carbocycles. The molecule has 23 heavy (non-hydrogen) atoms. The average molecular weight is 338 g/mol. The van der Waals surface area contributed by atoms with Crippen molar-refractivity contribution in [3.05, 3.63) is 18.2 Å². The second-order valence-electron chi connectivity index (χ2n) is 6.54. The van der Waals surface area contributed by atoms with Crippen LogP contribution < -0.4 is 10.1 Å². The lowest BCUT2D eigenvalue weighted by molar-refractivity contribution is -0.129. The van der Waals surface area contributed by atoms with E-state index in [2.05, 4.69) is 5.32 Å². The number of hydrogen-bond donors (Lipinski definition) is 1. The number of amides is 1. The molecule has 0 radical (unpaired) electrons. The van der Waals surface area contributed by atoms with E-state index in [1.54, 1.807) is 24.2 Å². The molecule has 0 unspecified atom stereocenters. The third-order valence-corrected chi connectivity index (χ3v) is 6.21. The predicted octanol–water partition coefficient (Wildman–Crippen LogP) is 2.36. The lowest BCUT2D eigenvalue weighted by Gasteiger charge is -2.32. The molecule has 0 atom stereocenters. The molecule has 0 saturated carbocycles. The maximum atomic E-state index is 12.8. The molecule has 7 heteroatoms. The average Bonchev–Trinajstić information content (AvgIpc) is 2.77. The Labute approximate surface area is 136 Å². The maximum absolute atomic E-state index is 12.8. The summed E-state index contributed by atoms with van der Waals surface area (Å²) in [5.41, 5.74) is -0.512. The van der Waals surface area contributed by atoms with Gasteiger partial charge in [0.1, 0.15) is 5.75 Å². The van der Waals surface area contributed by atoms with E-state index in [0.717, 1.165) is 25.7 Å². The monoisotopic (exact) mass is 338 g/mol. The Morgan fingerprint density at radius 1 is 1.13 bits per heavy atom. The van der Waals surface area contributed by atoms with Crippen molar-refractivity contribution in [2.75, 3.05) is 18.4 Å². The normalized spacial score (nSPS) is 21.7. The van der Waals surface area contributed by atoms with Gasteiger partial charge in [0.25, 0.3) is 5.91 Å². The number of nitrogens with one attached hydrogen (secondary N) is 1. The molecule has 2 aliphatic heterocycles. The molecule has 6 nitrogen and oxygen atoms in total. The van der Waals surface area contributed by atoms with Gasteiger partial charge in [-0.1, -0.05) is 12.8 Å². The first-order valence-electron chi connectivity index (χ1n) is 7.95. The topological polar surface area (TPSA) is 75.7 Å². The molecule has 2 heterocycles. The first-order valence-corrected chi connectivity index (χ1v) is 9.39. The molecule has 126 valence electrons. The fourth-order valence-electron chi connectivity index (χ4n) is 2.88. The number of ether oxygens (including phenoxy) is 1. The summed E-state index contributed by atoms with van der Waals surface area (Å²) in [4.78, 5) is 12.1. The SMILES string of the molecule is CC1(C)Oc2cc(S(=O)(=O)N3CCCCCC3)ccc2NC1=O. The van der Waals surface area contributed by atoms with Crippen LogP contribution in [0.15, 0.2) is 23.1 Å². The number of nitrogens with zero attached hydrogens (tertiary/aromatic N) is 1. The van der Waals surface area contributed by atoms with Crippen molar-refractivity contribution in [1.82, 2.24) is 4.31 Å². The highest BCUT2D eigenvalue weighted by Crippen LogP contribution is 2.36. The van der Waals surface area contributed by atoms with Crippen molar-refractivity contribution in [3.63, 3.8) is 0 Å². The largest absolute Gasteiger partial charge is 0.476 e. The van der Waals surface area contributed by atoms with Crippen LogP contribution in [-0.4, -0.2) is 37.3 Å². The summed E-state index contributed by atoms with van der Waals surface area (Å²) >= 11 is 0. The first-order chi connectivity index (χ1) is 10.8. The minimum atomic E-state index is -3.53. The summed E-state index contributed by atoms with van der Waals surface area (Å²) in [5.74, 6) is 0.152. The summed E-state index contributed by atoms with van der Waals surface area (Å²) < 4.78 is 32.9. The number of sulfonamides is 1. The van der Waals surface area contributed by atoms with Crippen molar-refractivity contribution in [2.24, 2.45) is 0 Å². The van der Waals surface area contributed by atoms with E-state index in [0.29, 0.717) is 24.5 Å². The number of carbonyl (C=O) groups is 1. The van der Waals surface area contributed by atoms with Crippen molar-refractivity contribution < 1.29 is 17.9 Å². The number of carbonyl (C=O) groups excluding carboxylic acids is 1. The van der Waals surface area contributed by atoms with Gasteiger partial charge in [0, 0.05) is 19.2 Å². The quantitative estimate of drug-likeness (QED) is 0.898. The predicted molar refractivity (Wildman–Crippen MR) is 87.0 cm³/mol. The lowest BCUT2D eigenvalue weighted by atomic mass is 10.1. The van der Waals surface area contributed by atoms with Crippen molar-refractivity contribution in [3.8, 4) is 5.75 Å². The molecule has 0 aromatic heterocycles. The van der Waals surface area contributed by atoms with Gasteiger partial charge < -0.3 is 10.1 Å². The third-order valence-electron chi connectivity index (χ3n) is 4.32. The van der Waals surface area contributed by atoms with Crippen LogP contribution in [0.2, 0.25) is 0 Å². The van der Waals surface area contributed by atoms with Crippen LogP contribution >= 0.6 is 0 Å². The van der Waals surface area contributed by atoms with Crippen LogP contribution in [-0.2, 0) is 14.8 Å². The summed E-state index contributed by atoms with van der Waals surface area (Å²) in [7, 11) is -3.53. The maximum Gasteiger partial charge on any atom is 0.268 e. The molecule has 1 fully saturated rings. The van der Waals surface area contributed by atoms with Gasteiger partial charge >= 0.3 is 0 Å². The molecule has 0 bridgehead atoms. The van der Waals surface area contributed by atoms with E-state index < -0.39 is 15.6 Å². The molecule has 0 aliphatic carbocycles. The van der Waals surface area contributed by atoms with Crippen LogP contribution in [0.25, 0.3) is 0 Å². The molecular weight excluding hydrogens is 316 g/mol. The van der Waals surface area contributed by atoms with Crippen LogP contribution in [0.5, 0.6) is 5.75 Å². The zero-order valence-corrected chi connectivity index (χ0v) is 14.3.